The highest BCUT2D eigenvalue weighted by atomic mass is 16.5. The molecule has 3 rings (SSSR count). The molecular formula is C28H34N4O4. The third kappa shape index (κ3) is 7.55. The minimum Gasteiger partial charge on any atom is -0.483 e. The normalized spacial score (nSPS) is 11.5. The number of hydrogen-bond acceptors (Lipinski definition) is 5. The van der Waals surface area contributed by atoms with Gasteiger partial charge in [0.1, 0.15) is 11.8 Å². The average molecular weight is 491 g/mol. The highest BCUT2D eigenvalue weighted by Gasteiger charge is 2.24. The Bertz CT molecular complexity index is 1190. The summed E-state index contributed by atoms with van der Waals surface area (Å²) >= 11 is 0. The Morgan fingerprint density at radius 2 is 1.75 bits per heavy atom. The number of benzene rings is 3. The SMILES string of the molecule is CCCCN(CC(=O)Nc1cccc(CN)c1)C(=O)C(C)NC(=O)COc1cccc2ccccc12. The van der Waals surface area contributed by atoms with E-state index in [9.17, 15) is 14.4 Å². The first kappa shape index (κ1) is 26.7. The molecule has 0 bridgehead atoms. The molecule has 3 aromatic carbocycles. The molecule has 190 valence electrons. The van der Waals surface area contributed by atoms with Crippen molar-refractivity contribution in [2.75, 3.05) is 25.0 Å². The van der Waals surface area contributed by atoms with Crippen LogP contribution in [0.3, 0.4) is 0 Å². The van der Waals surface area contributed by atoms with Crippen molar-refractivity contribution < 1.29 is 19.1 Å². The Hall–Kier alpha value is -3.91. The van der Waals surface area contributed by atoms with Crippen LogP contribution in [0.5, 0.6) is 5.75 Å². The van der Waals surface area contributed by atoms with E-state index in [2.05, 4.69) is 10.6 Å². The number of nitrogens with two attached hydrogens (primary N) is 1. The predicted molar refractivity (Wildman–Crippen MR) is 141 cm³/mol. The van der Waals surface area contributed by atoms with Crippen LogP contribution in [0.15, 0.2) is 66.7 Å². The second-order valence-corrected chi connectivity index (χ2v) is 8.62. The van der Waals surface area contributed by atoms with Crippen LogP contribution in [0.25, 0.3) is 10.8 Å². The first-order valence-corrected chi connectivity index (χ1v) is 12.2. The zero-order chi connectivity index (χ0) is 25.9. The van der Waals surface area contributed by atoms with Crippen LogP contribution < -0.4 is 21.1 Å². The summed E-state index contributed by atoms with van der Waals surface area (Å²) in [5, 5.41) is 7.43. The number of rotatable bonds is 12. The van der Waals surface area contributed by atoms with Crippen LogP contribution in [-0.4, -0.2) is 48.4 Å². The first-order valence-electron chi connectivity index (χ1n) is 12.2. The van der Waals surface area contributed by atoms with Gasteiger partial charge < -0.3 is 26.0 Å². The third-order valence-corrected chi connectivity index (χ3v) is 5.73. The molecule has 1 unspecified atom stereocenters. The maximum atomic E-state index is 13.1. The zero-order valence-electron chi connectivity index (χ0n) is 20.8. The second-order valence-electron chi connectivity index (χ2n) is 8.62. The molecule has 0 aliphatic rings. The van der Waals surface area contributed by atoms with E-state index < -0.39 is 11.9 Å². The van der Waals surface area contributed by atoms with Crippen LogP contribution >= 0.6 is 0 Å². The summed E-state index contributed by atoms with van der Waals surface area (Å²) in [6.45, 7) is 4.07. The van der Waals surface area contributed by atoms with E-state index in [1.54, 1.807) is 25.1 Å². The molecule has 0 aromatic heterocycles. The number of hydrogen-bond donors (Lipinski definition) is 3. The number of unbranched alkanes of at least 4 members (excludes halogenated alkanes) is 1. The van der Waals surface area contributed by atoms with Gasteiger partial charge in [0.25, 0.3) is 5.91 Å². The Morgan fingerprint density at radius 1 is 1.00 bits per heavy atom. The van der Waals surface area contributed by atoms with Gasteiger partial charge in [-0.3, -0.25) is 14.4 Å². The van der Waals surface area contributed by atoms with E-state index in [1.165, 1.54) is 4.90 Å². The number of amides is 3. The standard InChI is InChI=1S/C28H34N4O4/c1-3-4-15-32(18-26(33)31-23-12-7-9-21(16-23)17-29)28(35)20(2)30-27(34)19-36-25-14-8-11-22-10-5-6-13-24(22)25/h5-14,16,20H,3-4,15,17-19,29H2,1-2H3,(H,30,34)(H,31,33). The fraction of sp³-hybridized carbons (Fsp3) is 0.321. The van der Waals surface area contributed by atoms with Gasteiger partial charge in [0.2, 0.25) is 11.8 Å². The molecule has 0 radical (unpaired) electrons. The highest BCUT2D eigenvalue weighted by molar-refractivity contribution is 5.96. The molecule has 0 saturated heterocycles. The molecule has 4 N–H and O–H groups in total. The van der Waals surface area contributed by atoms with Gasteiger partial charge >= 0.3 is 0 Å². The molecule has 8 nitrogen and oxygen atoms in total. The van der Waals surface area contributed by atoms with Crippen LogP contribution in [-0.2, 0) is 20.9 Å². The molecule has 3 amide bonds. The third-order valence-electron chi connectivity index (χ3n) is 5.73. The van der Waals surface area contributed by atoms with E-state index in [1.807, 2.05) is 55.5 Å². The number of anilines is 1. The van der Waals surface area contributed by atoms with Gasteiger partial charge in [-0.2, -0.15) is 0 Å². The van der Waals surface area contributed by atoms with Crippen LogP contribution in [0.1, 0.15) is 32.3 Å². The number of carbonyl (C=O) groups is 3. The summed E-state index contributed by atoms with van der Waals surface area (Å²) in [5.74, 6) is -0.455. The van der Waals surface area contributed by atoms with Gasteiger partial charge in [0.05, 0.1) is 6.54 Å². The van der Waals surface area contributed by atoms with Crippen molar-refractivity contribution in [2.24, 2.45) is 5.73 Å². The van der Waals surface area contributed by atoms with Crippen molar-refractivity contribution in [3.05, 3.63) is 72.3 Å². The lowest BCUT2D eigenvalue weighted by molar-refractivity contribution is -0.138. The zero-order valence-corrected chi connectivity index (χ0v) is 20.8. The number of carbonyl (C=O) groups excluding carboxylic acids is 3. The molecule has 0 heterocycles. The fourth-order valence-electron chi connectivity index (χ4n) is 3.85. The van der Waals surface area contributed by atoms with Crippen molar-refractivity contribution in [3.63, 3.8) is 0 Å². The molecule has 8 heteroatoms. The summed E-state index contributed by atoms with van der Waals surface area (Å²) < 4.78 is 5.73. The Labute approximate surface area is 211 Å². The Balaban J connectivity index is 1.56. The summed E-state index contributed by atoms with van der Waals surface area (Å²) in [6, 6.07) is 19.8. The van der Waals surface area contributed by atoms with Crippen molar-refractivity contribution >= 4 is 34.2 Å². The predicted octanol–water partition coefficient (Wildman–Crippen LogP) is 3.45. The van der Waals surface area contributed by atoms with Gasteiger partial charge in [0.15, 0.2) is 6.61 Å². The lowest BCUT2D eigenvalue weighted by atomic mass is 10.1. The van der Waals surface area contributed by atoms with E-state index >= 15 is 0 Å². The quantitative estimate of drug-likeness (QED) is 0.360. The summed E-state index contributed by atoms with van der Waals surface area (Å²) in [7, 11) is 0. The van der Waals surface area contributed by atoms with Crippen LogP contribution in [0.4, 0.5) is 5.69 Å². The largest absolute Gasteiger partial charge is 0.483 e. The molecule has 0 saturated carbocycles. The maximum Gasteiger partial charge on any atom is 0.258 e. The topological polar surface area (TPSA) is 114 Å². The van der Waals surface area contributed by atoms with Gasteiger partial charge in [0, 0.05) is 24.2 Å². The van der Waals surface area contributed by atoms with Gasteiger partial charge in [-0.1, -0.05) is 61.9 Å². The Morgan fingerprint density at radius 3 is 2.53 bits per heavy atom. The van der Waals surface area contributed by atoms with Crippen molar-refractivity contribution in [3.8, 4) is 5.75 Å². The Kier molecular flexibility index (Phi) is 9.82. The summed E-state index contributed by atoms with van der Waals surface area (Å²) in [4.78, 5) is 39.8. The smallest absolute Gasteiger partial charge is 0.258 e. The highest BCUT2D eigenvalue weighted by Crippen LogP contribution is 2.25. The van der Waals surface area contributed by atoms with Crippen molar-refractivity contribution in [2.45, 2.75) is 39.3 Å². The minimum absolute atomic E-state index is 0.113. The first-order chi connectivity index (χ1) is 17.4. The van der Waals surface area contributed by atoms with E-state index in [4.69, 9.17) is 10.5 Å². The molecule has 36 heavy (non-hydrogen) atoms. The monoisotopic (exact) mass is 490 g/mol. The van der Waals surface area contributed by atoms with Crippen molar-refractivity contribution in [1.29, 1.82) is 0 Å². The van der Waals surface area contributed by atoms with Crippen LogP contribution in [0.2, 0.25) is 0 Å². The van der Waals surface area contributed by atoms with Crippen LogP contribution in [0, 0.1) is 0 Å². The van der Waals surface area contributed by atoms with E-state index in [-0.39, 0.29) is 25.0 Å². The molecule has 0 aliphatic carbocycles. The molecule has 0 fully saturated rings. The van der Waals surface area contributed by atoms with Crippen molar-refractivity contribution in [1.82, 2.24) is 10.2 Å². The average Bonchev–Trinajstić information content (AvgIpc) is 2.89. The van der Waals surface area contributed by atoms with Gasteiger partial charge in [-0.05, 0) is 42.5 Å². The number of fused-ring (bicyclic) bond motifs is 1. The van der Waals surface area contributed by atoms with E-state index in [0.717, 1.165) is 29.2 Å². The van der Waals surface area contributed by atoms with E-state index in [0.29, 0.717) is 24.5 Å². The molecule has 0 spiro atoms. The van der Waals surface area contributed by atoms with Gasteiger partial charge in [-0.25, -0.2) is 0 Å². The molecular weight excluding hydrogens is 456 g/mol. The molecule has 1 atom stereocenters. The lowest BCUT2D eigenvalue weighted by Gasteiger charge is -2.26. The number of nitrogens with one attached hydrogen (secondary N) is 2. The minimum atomic E-state index is -0.807. The lowest BCUT2D eigenvalue weighted by Crippen LogP contribution is -2.50. The summed E-state index contributed by atoms with van der Waals surface area (Å²) in [6.07, 6.45) is 1.61. The second kappa shape index (κ2) is 13.3. The number of nitrogens with zero attached hydrogens (tertiary/aromatic N) is 1. The maximum absolute atomic E-state index is 13.1. The molecule has 3 aromatic rings. The fourth-order valence-corrected chi connectivity index (χ4v) is 3.85. The summed E-state index contributed by atoms with van der Waals surface area (Å²) in [5.41, 5.74) is 7.19. The van der Waals surface area contributed by atoms with Gasteiger partial charge in [-0.15, -0.1) is 0 Å². The number of ether oxygens (including phenoxy) is 1. The molecule has 0 aliphatic heterocycles.